The molecule has 1 heterocycles. The van der Waals surface area contributed by atoms with Crippen molar-refractivity contribution in [3.8, 4) is 0 Å². The van der Waals surface area contributed by atoms with Gasteiger partial charge >= 0.3 is 5.69 Å². The molecule has 1 aliphatic rings. The Morgan fingerprint density at radius 1 is 1.47 bits per heavy atom. The van der Waals surface area contributed by atoms with Gasteiger partial charge in [-0.05, 0) is 25.2 Å². The number of hydrogen-bond acceptors (Lipinski definition) is 5. The Balaban J connectivity index is 1.80. The summed E-state index contributed by atoms with van der Waals surface area (Å²) in [4.78, 5) is 25.1. The molecule has 1 fully saturated rings. The Hall–Kier alpha value is -1.76. The molecule has 0 unspecified atom stereocenters. The van der Waals surface area contributed by atoms with Crippen molar-refractivity contribution in [2.24, 2.45) is 13.0 Å². The summed E-state index contributed by atoms with van der Waals surface area (Å²) in [6.07, 6.45) is 3.35. The van der Waals surface area contributed by atoms with E-state index < -0.39 is 11.2 Å². The van der Waals surface area contributed by atoms with Gasteiger partial charge in [0.2, 0.25) is 0 Å². The van der Waals surface area contributed by atoms with E-state index in [1.807, 2.05) is 0 Å². The number of hydrogen-bond donors (Lipinski definition) is 3. The van der Waals surface area contributed by atoms with Crippen molar-refractivity contribution in [2.75, 3.05) is 30.8 Å². The van der Waals surface area contributed by atoms with Gasteiger partial charge in [-0.3, -0.25) is 14.3 Å². The van der Waals surface area contributed by atoms with Crippen molar-refractivity contribution < 1.29 is 4.74 Å². The van der Waals surface area contributed by atoms with Gasteiger partial charge in [0.1, 0.15) is 11.5 Å². The molecular formula is C12H20N4O3. The second-order valence-electron chi connectivity index (χ2n) is 4.88. The maximum Gasteiger partial charge on any atom is 0.329 e. The summed E-state index contributed by atoms with van der Waals surface area (Å²) in [7, 11) is 1.51. The maximum atomic E-state index is 11.6. The van der Waals surface area contributed by atoms with Gasteiger partial charge in [-0.25, -0.2) is 4.79 Å². The summed E-state index contributed by atoms with van der Waals surface area (Å²) in [5.41, 5.74) is 4.96. The minimum absolute atomic E-state index is 0.146. The Labute approximate surface area is 110 Å². The zero-order valence-electron chi connectivity index (χ0n) is 11.1. The molecule has 4 N–H and O–H groups in total. The highest BCUT2D eigenvalue weighted by molar-refractivity contribution is 5.60. The summed E-state index contributed by atoms with van der Waals surface area (Å²) < 4.78 is 6.69. The lowest BCUT2D eigenvalue weighted by Gasteiger charge is -2.10. The van der Waals surface area contributed by atoms with Crippen LogP contribution in [0.15, 0.2) is 9.59 Å². The fourth-order valence-electron chi connectivity index (χ4n) is 1.73. The van der Waals surface area contributed by atoms with Crippen molar-refractivity contribution in [1.82, 2.24) is 9.55 Å². The highest BCUT2D eigenvalue weighted by Crippen LogP contribution is 2.28. The first-order valence-electron chi connectivity index (χ1n) is 6.50. The summed E-state index contributed by atoms with van der Waals surface area (Å²) in [5, 5.41) is 2.94. The third-order valence-electron chi connectivity index (χ3n) is 3.19. The third kappa shape index (κ3) is 3.60. The molecular weight excluding hydrogens is 248 g/mol. The predicted octanol–water partition coefficient (Wildman–Crippen LogP) is -0.116. The third-order valence-corrected chi connectivity index (χ3v) is 3.19. The molecule has 0 atom stereocenters. The van der Waals surface area contributed by atoms with Crippen molar-refractivity contribution in [1.29, 1.82) is 0 Å². The van der Waals surface area contributed by atoms with E-state index in [-0.39, 0.29) is 11.5 Å². The van der Waals surface area contributed by atoms with Crippen molar-refractivity contribution >= 4 is 11.5 Å². The standard InChI is InChI=1S/C12H20N4O3/c1-16-10(13)9(11(17)15-12(16)18)14-5-2-6-19-7-8-3-4-8/h8,14H,2-7,13H2,1H3,(H,15,17,18). The van der Waals surface area contributed by atoms with E-state index in [4.69, 9.17) is 10.5 Å². The normalized spacial score (nSPS) is 14.6. The number of rotatable bonds is 7. The number of aromatic amines is 1. The molecule has 0 aromatic carbocycles. The number of H-pyrrole nitrogens is 1. The molecule has 0 amide bonds. The van der Waals surface area contributed by atoms with Gasteiger partial charge < -0.3 is 15.8 Å². The quantitative estimate of drug-likeness (QED) is 0.599. The molecule has 0 saturated heterocycles. The van der Waals surface area contributed by atoms with Gasteiger partial charge in [0.25, 0.3) is 5.56 Å². The Bertz CT molecular complexity index is 545. The minimum atomic E-state index is -0.513. The molecule has 1 saturated carbocycles. The lowest BCUT2D eigenvalue weighted by atomic mass is 10.4. The van der Waals surface area contributed by atoms with Gasteiger partial charge in [0, 0.05) is 26.8 Å². The van der Waals surface area contributed by atoms with Crippen molar-refractivity contribution in [3.63, 3.8) is 0 Å². The molecule has 7 nitrogen and oxygen atoms in total. The predicted molar refractivity (Wildman–Crippen MR) is 73.4 cm³/mol. The molecule has 2 rings (SSSR count). The molecule has 1 aromatic heterocycles. The maximum absolute atomic E-state index is 11.6. The largest absolute Gasteiger partial charge is 0.383 e. The molecule has 0 bridgehead atoms. The van der Waals surface area contributed by atoms with E-state index in [9.17, 15) is 9.59 Å². The molecule has 1 aliphatic carbocycles. The van der Waals surface area contributed by atoms with Crippen molar-refractivity contribution in [3.05, 3.63) is 20.8 Å². The number of nitrogens with zero attached hydrogens (tertiary/aromatic N) is 1. The number of nitrogens with two attached hydrogens (primary N) is 1. The lowest BCUT2D eigenvalue weighted by molar-refractivity contribution is 0.124. The number of nitrogen functional groups attached to an aromatic ring is 1. The highest BCUT2D eigenvalue weighted by atomic mass is 16.5. The van der Waals surface area contributed by atoms with Crippen LogP contribution < -0.4 is 22.3 Å². The number of nitrogens with one attached hydrogen (secondary N) is 2. The molecule has 7 heteroatoms. The van der Waals surface area contributed by atoms with E-state index in [0.717, 1.165) is 18.9 Å². The zero-order chi connectivity index (χ0) is 13.8. The second-order valence-corrected chi connectivity index (χ2v) is 4.88. The van der Waals surface area contributed by atoms with Crippen LogP contribution in [0.2, 0.25) is 0 Å². The highest BCUT2D eigenvalue weighted by Gasteiger charge is 2.20. The molecule has 19 heavy (non-hydrogen) atoms. The van der Waals surface area contributed by atoms with Crippen LogP contribution in [-0.4, -0.2) is 29.3 Å². The Kier molecular flexibility index (Phi) is 4.26. The van der Waals surface area contributed by atoms with Crippen LogP contribution in [0.25, 0.3) is 0 Å². The van der Waals surface area contributed by atoms with Crippen LogP contribution in [0, 0.1) is 5.92 Å². The van der Waals surface area contributed by atoms with E-state index in [2.05, 4.69) is 10.3 Å². The summed E-state index contributed by atoms with van der Waals surface area (Å²) in [5.74, 6) is 0.905. The Morgan fingerprint density at radius 3 is 2.89 bits per heavy atom. The monoisotopic (exact) mass is 268 g/mol. The first-order valence-corrected chi connectivity index (χ1v) is 6.50. The van der Waals surface area contributed by atoms with Gasteiger partial charge in [0.05, 0.1) is 0 Å². The van der Waals surface area contributed by atoms with E-state index in [0.29, 0.717) is 13.2 Å². The number of anilines is 2. The van der Waals surface area contributed by atoms with E-state index in [1.165, 1.54) is 24.5 Å². The first kappa shape index (κ1) is 13.7. The van der Waals surface area contributed by atoms with Gasteiger partial charge in [-0.1, -0.05) is 0 Å². The molecule has 0 aliphatic heterocycles. The molecule has 0 radical (unpaired) electrons. The van der Waals surface area contributed by atoms with Crippen LogP contribution in [0.3, 0.4) is 0 Å². The average molecular weight is 268 g/mol. The van der Waals surface area contributed by atoms with Gasteiger partial charge in [-0.2, -0.15) is 0 Å². The van der Waals surface area contributed by atoms with E-state index >= 15 is 0 Å². The SMILES string of the molecule is Cn1c(N)c(NCCCOCC2CC2)c(=O)[nH]c1=O. The van der Waals surface area contributed by atoms with Crippen LogP contribution in [0.4, 0.5) is 11.5 Å². The molecule has 1 aromatic rings. The summed E-state index contributed by atoms with van der Waals surface area (Å²) >= 11 is 0. The fraction of sp³-hybridized carbons (Fsp3) is 0.667. The topological polar surface area (TPSA) is 102 Å². The first-order chi connectivity index (χ1) is 9.09. The zero-order valence-corrected chi connectivity index (χ0v) is 11.1. The summed E-state index contributed by atoms with van der Waals surface area (Å²) in [6, 6.07) is 0. The van der Waals surface area contributed by atoms with Crippen LogP contribution in [0.1, 0.15) is 19.3 Å². The molecule has 106 valence electrons. The van der Waals surface area contributed by atoms with E-state index in [1.54, 1.807) is 0 Å². The lowest BCUT2D eigenvalue weighted by Crippen LogP contribution is -2.32. The number of aromatic nitrogens is 2. The van der Waals surface area contributed by atoms with Crippen LogP contribution in [-0.2, 0) is 11.8 Å². The van der Waals surface area contributed by atoms with Gasteiger partial charge in [-0.15, -0.1) is 0 Å². The average Bonchev–Trinajstić information content (AvgIpc) is 3.18. The second kappa shape index (κ2) is 5.92. The summed E-state index contributed by atoms with van der Waals surface area (Å²) in [6.45, 7) is 2.08. The smallest absolute Gasteiger partial charge is 0.329 e. The minimum Gasteiger partial charge on any atom is -0.383 e. The van der Waals surface area contributed by atoms with Crippen molar-refractivity contribution in [2.45, 2.75) is 19.3 Å². The molecule has 0 spiro atoms. The van der Waals surface area contributed by atoms with Crippen LogP contribution >= 0.6 is 0 Å². The number of ether oxygens (including phenoxy) is 1. The van der Waals surface area contributed by atoms with Gasteiger partial charge in [0.15, 0.2) is 0 Å². The Morgan fingerprint density at radius 2 is 2.21 bits per heavy atom. The van der Waals surface area contributed by atoms with Crippen LogP contribution in [0.5, 0.6) is 0 Å². The fourth-order valence-corrected chi connectivity index (χ4v) is 1.73.